The highest BCUT2D eigenvalue weighted by atomic mass is 16.2. The highest BCUT2D eigenvalue weighted by Gasteiger charge is 2.41. The average molecular weight is 368 g/mol. The number of aromatic amines is 1. The molecule has 2 aromatic rings. The zero-order valence-corrected chi connectivity index (χ0v) is 15.3. The molecular weight excluding hydrogens is 344 g/mol. The van der Waals surface area contributed by atoms with E-state index in [-0.39, 0.29) is 18.0 Å². The van der Waals surface area contributed by atoms with Crippen molar-refractivity contribution < 1.29 is 9.59 Å². The van der Waals surface area contributed by atoms with E-state index in [1.165, 1.54) is 0 Å². The molecule has 142 valence electrons. The molecule has 2 aliphatic rings. The van der Waals surface area contributed by atoms with Gasteiger partial charge in [0.05, 0.1) is 11.7 Å². The van der Waals surface area contributed by atoms with Crippen molar-refractivity contribution >= 4 is 23.4 Å². The van der Waals surface area contributed by atoms with Crippen LogP contribution in [-0.2, 0) is 6.54 Å². The van der Waals surface area contributed by atoms with Crippen LogP contribution in [0.1, 0.15) is 53.8 Å². The second kappa shape index (κ2) is 7.40. The number of anilines is 2. The van der Waals surface area contributed by atoms with Gasteiger partial charge in [0.2, 0.25) is 0 Å². The van der Waals surface area contributed by atoms with Crippen LogP contribution < -0.4 is 16.0 Å². The van der Waals surface area contributed by atoms with Crippen molar-refractivity contribution in [1.29, 1.82) is 0 Å². The molecule has 0 aliphatic carbocycles. The van der Waals surface area contributed by atoms with Gasteiger partial charge in [0.1, 0.15) is 0 Å². The van der Waals surface area contributed by atoms with Crippen LogP contribution in [0.4, 0.5) is 16.3 Å². The van der Waals surface area contributed by atoms with Crippen LogP contribution in [-0.4, -0.2) is 40.1 Å². The Morgan fingerprint density at radius 2 is 2.26 bits per heavy atom. The molecule has 0 radical (unpaired) electrons. The largest absolute Gasteiger partial charge is 0.331 e. The molecule has 1 aromatic carbocycles. The van der Waals surface area contributed by atoms with E-state index in [4.69, 9.17) is 0 Å². The Morgan fingerprint density at radius 3 is 3.11 bits per heavy atom. The Hall–Kier alpha value is -2.87. The minimum atomic E-state index is -0.369. The molecule has 2 aliphatic heterocycles. The van der Waals surface area contributed by atoms with E-state index in [0.717, 1.165) is 43.6 Å². The van der Waals surface area contributed by atoms with Gasteiger partial charge in [0, 0.05) is 36.0 Å². The molecule has 3 amide bonds. The minimum absolute atomic E-state index is 0.0630. The fourth-order valence-electron chi connectivity index (χ4n) is 3.87. The van der Waals surface area contributed by atoms with Crippen LogP contribution >= 0.6 is 0 Å². The first-order chi connectivity index (χ1) is 13.2. The smallest absolute Gasteiger partial charge is 0.324 e. The quantitative estimate of drug-likeness (QED) is 0.589. The molecule has 0 spiro atoms. The van der Waals surface area contributed by atoms with E-state index in [2.05, 4.69) is 33.1 Å². The zero-order valence-electron chi connectivity index (χ0n) is 15.3. The lowest BCUT2D eigenvalue weighted by molar-refractivity contribution is 0.0776. The van der Waals surface area contributed by atoms with Gasteiger partial charge in [-0.25, -0.2) is 4.79 Å². The van der Waals surface area contributed by atoms with E-state index in [0.29, 0.717) is 23.6 Å². The van der Waals surface area contributed by atoms with E-state index in [1.54, 1.807) is 12.1 Å². The van der Waals surface area contributed by atoms with Crippen LogP contribution in [0.25, 0.3) is 0 Å². The number of hydrogen-bond donors (Lipinski definition) is 4. The molecule has 1 aromatic heterocycles. The van der Waals surface area contributed by atoms with Crippen LogP contribution in [0.2, 0.25) is 0 Å². The number of urea groups is 1. The van der Waals surface area contributed by atoms with Gasteiger partial charge in [-0.15, -0.1) is 0 Å². The van der Waals surface area contributed by atoms with Gasteiger partial charge < -0.3 is 15.5 Å². The number of nitrogens with one attached hydrogen (secondary N) is 4. The number of fused-ring (bicyclic) bond motifs is 3. The first-order valence-corrected chi connectivity index (χ1v) is 9.44. The topological polar surface area (TPSA) is 102 Å². The Balaban J connectivity index is 1.43. The summed E-state index contributed by atoms with van der Waals surface area (Å²) in [5.41, 5.74) is 3.22. The standard InChI is InChI=1S/C19H24N6O2/c1-2-8-20-11-12-10-16(24-23-12)22-19(27)21-14-6-3-5-13-17(14)15-7-4-9-25(15)18(13)26/h3,5-6,10,15,20H,2,4,7-9,11H2,1H3,(H3,21,22,23,24,27). The third-order valence-corrected chi connectivity index (χ3v) is 5.05. The molecule has 27 heavy (non-hydrogen) atoms. The van der Waals surface area contributed by atoms with Gasteiger partial charge in [0.25, 0.3) is 5.91 Å². The lowest BCUT2D eigenvalue weighted by atomic mass is 10.0. The van der Waals surface area contributed by atoms with Crippen molar-refractivity contribution in [2.45, 2.75) is 38.8 Å². The summed E-state index contributed by atoms with van der Waals surface area (Å²) in [5, 5.41) is 15.9. The molecule has 1 unspecified atom stereocenters. The summed E-state index contributed by atoms with van der Waals surface area (Å²) >= 11 is 0. The minimum Gasteiger partial charge on any atom is -0.331 e. The molecule has 0 saturated carbocycles. The molecule has 3 heterocycles. The summed E-state index contributed by atoms with van der Waals surface area (Å²) in [6.45, 7) is 4.50. The second-order valence-electron chi connectivity index (χ2n) is 6.96. The van der Waals surface area contributed by atoms with E-state index in [1.807, 2.05) is 17.0 Å². The van der Waals surface area contributed by atoms with Crippen LogP contribution in [0, 0.1) is 0 Å². The average Bonchev–Trinajstić information content (AvgIpc) is 3.35. The number of H-pyrrole nitrogens is 1. The number of carbonyl (C=O) groups excluding carboxylic acids is 2. The van der Waals surface area contributed by atoms with E-state index < -0.39 is 0 Å². The molecule has 4 rings (SSSR count). The second-order valence-corrected chi connectivity index (χ2v) is 6.96. The number of benzene rings is 1. The monoisotopic (exact) mass is 368 g/mol. The van der Waals surface area contributed by atoms with Gasteiger partial charge in [-0.2, -0.15) is 5.10 Å². The van der Waals surface area contributed by atoms with Gasteiger partial charge in [0.15, 0.2) is 5.82 Å². The molecular formula is C19H24N6O2. The number of hydrogen-bond acceptors (Lipinski definition) is 4. The number of carbonyl (C=O) groups is 2. The SMILES string of the molecule is CCCNCc1cc(NC(=O)Nc2cccc3c2C2CCCN2C3=O)n[nH]1. The Morgan fingerprint density at radius 1 is 1.37 bits per heavy atom. The molecule has 1 fully saturated rings. The fourth-order valence-corrected chi connectivity index (χ4v) is 3.87. The maximum atomic E-state index is 12.5. The summed E-state index contributed by atoms with van der Waals surface area (Å²) in [7, 11) is 0. The lowest BCUT2D eigenvalue weighted by Gasteiger charge is -2.17. The highest BCUT2D eigenvalue weighted by Crippen LogP contribution is 2.44. The Kier molecular flexibility index (Phi) is 4.81. The third-order valence-electron chi connectivity index (χ3n) is 5.05. The molecule has 4 N–H and O–H groups in total. The third kappa shape index (κ3) is 3.40. The zero-order chi connectivity index (χ0) is 18.8. The normalized spacial score (nSPS) is 17.7. The number of amides is 3. The predicted octanol–water partition coefficient (Wildman–Crippen LogP) is 2.84. The Bertz CT molecular complexity index is 862. The Labute approximate surface area is 157 Å². The summed E-state index contributed by atoms with van der Waals surface area (Å²) in [5.74, 6) is 0.528. The lowest BCUT2D eigenvalue weighted by Crippen LogP contribution is -2.23. The summed E-state index contributed by atoms with van der Waals surface area (Å²) in [6.07, 6.45) is 3.00. The number of rotatable bonds is 6. The molecule has 1 atom stereocenters. The summed E-state index contributed by atoms with van der Waals surface area (Å²) in [4.78, 5) is 26.8. The van der Waals surface area contributed by atoms with Gasteiger partial charge in [-0.3, -0.25) is 15.2 Å². The molecule has 1 saturated heterocycles. The van der Waals surface area contributed by atoms with Crippen molar-refractivity contribution in [1.82, 2.24) is 20.4 Å². The van der Waals surface area contributed by atoms with Crippen molar-refractivity contribution in [3.05, 3.63) is 41.1 Å². The summed E-state index contributed by atoms with van der Waals surface area (Å²) < 4.78 is 0. The van der Waals surface area contributed by atoms with Crippen molar-refractivity contribution in [3.63, 3.8) is 0 Å². The molecule has 8 nitrogen and oxygen atoms in total. The first kappa shape index (κ1) is 17.5. The summed E-state index contributed by atoms with van der Waals surface area (Å²) in [6, 6.07) is 7.00. The molecule has 0 bridgehead atoms. The van der Waals surface area contributed by atoms with Crippen molar-refractivity contribution in [2.24, 2.45) is 0 Å². The van der Waals surface area contributed by atoms with Crippen molar-refractivity contribution in [3.8, 4) is 0 Å². The number of nitrogens with zero attached hydrogens (tertiary/aromatic N) is 2. The first-order valence-electron chi connectivity index (χ1n) is 9.44. The number of aromatic nitrogens is 2. The van der Waals surface area contributed by atoms with E-state index in [9.17, 15) is 9.59 Å². The van der Waals surface area contributed by atoms with Crippen LogP contribution in [0.5, 0.6) is 0 Å². The van der Waals surface area contributed by atoms with E-state index >= 15 is 0 Å². The van der Waals surface area contributed by atoms with Gasteiger partial charge >= 0.3 is 6.03 Å². The predicted molar refractivity (Wildman–Crippen MR) is 103 cm³/mol. The fraction of sp³-hybridized carbons (Fsp3) is 0.421. The van der Waals surface area contributed by atoms with Crippen LogP contribution in [0.3, 0.4) is 0 Å². The van der Waals surface area contributed by atoms with Crippen LogP contribution in [0.15, 0.2) is 24.3 Å². The van der Waals surface area contributed by atoms with Gasteiger partial charge in [-0.1, -0.05) is 13.0 Å². The maximum Gasteiger partial charge on any atom is 0.324 e. The molecule has 8 heteroatoms. The highest BCUT2D eigenvalue weighted by molar-refractivity contribution is 6.05. The van der Waals surface area contributed by atoms with Gasteiger partial charge in [-0.05, 0) is 37.9 Å². The van der Waals surface area contributed by atoms with Crippen molar-refractivity contribution in [2.75, 3.05) is 23.7 Å². The maximum absolute atomic E-state index is 12.5.